The first kappa shape index (κ1) is 16.7. The van der Waals surface area contributed by atoms with Crippen molar-refractivity contribution in [3.63, 3.8) is 0 Å². The molecule has 134 valence electrons. The third-order valence-electron chi connectivity index (χ3n) is 5.08. The van der Waals surface area contributed by atoms with Crippen LogP contribution in [0.4, 0.5) is 14.5 Å². The number of halogens is 2. The number of hydrogen-bond donors (Lipinski definition) is 1. The van der Waals surface area contributed by atoms with E-state index >= 15 is 0 Å². The van der Waals surface area contributed by atoms with Crippen molar-refractivity contribution in [3.8, 4) is 0 Å². The number of carbonyl (C=O) groups excluding carboxylic acids is 2. The highest BCUT2D eigenvalue weighted by Crippen LogP contribution is 2.41. The molecule has 0 saturated heterocycles. The third kappa shape index (κ3) is 3.19. The summed E-state index contributed by atoms with van der Waals surface area (Å²) in [6.45, 7) is 1.21. The lowest BCUT2D eigenvalue weighted by molar-refractivity contribution is -0.135. The zero-order chi connectivity index (χ0) is 18.3. The number of hydrogen-bond acceptors (Lipinski definition) is 2. The number of nitrogens with one attached hydrogen (secondary N) is 1. The molecule has 4 nitrogen and oxygen atoms in total. The van der Waals surface area contributed by atoms with Crippen LogP contribution < -0.4 is 5.32 Å². The fourth-order valence-corrected chi connectivity index (χ4v) is 3.49. The van der Waals surface area contributed by atoms with E-state index in [-0.39, 0.29) is 17.5 Å². The van der Waals surface area contributed by atoms with Crippen LogP contribution in [-0.4, -0.2) is 23.3 Å². The Kier molecular flexibility index (Phi) is 4.18. The quantitative estimate of drug-likeness (QED) is 0.919. The number of fused-ring (bicyclic) bond motifs is 1. The highest BCUT2D eigenvalue weighted by Gasteiger charge is 2.49. The number of rotatable bonds is 3. The lowest BCUT2D eigenvalue weighted by atomic mass is 9.99. The summed E-state index contributed by atoms with van der Waals surface area (Å²) in [5.74, 6) is -2.77. The maximum atomic E-state index is 13.7. The van der Waals surface area contributed by atoms with Crippen molar-refractivity contribution in [2.75, 3.05) is 11.9 Å². The molecule has 2 unspecified atom stereocenters. The van der Waals surface area contributed by atoms with Crippen LogP contribution in [0.3, 0.4) is 0 Å². The van der Waals surface area contributed by atoms with Gasteiger partial charge < -0.3 is 10.2 Å². The molecular formula is C20H18F2N2O2. The largest absolute Gasteiger partial charge is 0.338 e. The summed E-state index contributed by atoms with van der Waals surface area (Å²) in [5.41, 5.74) is 2.33. The molecule has 2 amide bonds. The molecule has 2 atom stereocenters. The summed E-state index contributed by atoms with van der Waals surface area (Å²) in [5, 5.41) is 2.45. The van der Waals surface area contributed by atoms with Gasteiger partial charge in [0.2, 0.25) is 11.8 Å². The molecule has 2 aromatic carbocycles. The topological polar surface area (TPSA) is 49.4 Å². The molecule has 6 heteroatoms. The number of nitrogens with zero attached hydrogens (tertiary/aromatic N) is 1. The molecule has 1 aliphatic carbocycles. The van der Waals surface area contributed by atoms with Gasteiger partial charge in [-0.25, -0.2) is 8.78 Å². The SMILES string of the molecule is O=C(Nc1ccc(F)cc1F)C1CC1C(=O)N1CCc2ccccc2C1. The van der Waals surface area contributed by atoms with E-state index in [1.165, 1.54) is 11.6 Å². The Morgan fingerprint density at radius 2 is 1.81 bits per heavy atom. The van der Waals surface area contributed by atoms with E-state index in [9.17, 15) is 18.4 Å². The highest BCUT2D eigenvalue weighted by atomic mass is 19.1. The Morgan fingerprint density at radius 3 is 2.58 bits per heavy atom. The number of benzene rings is 2. The van der Waals surface area contributed by atoms with Gasteiger partial charge in [-0.1, -0.05) is 24.3 Å². The van der Waals surface area contributed by atoms with E-state index in [0.29, 0.717) is 19.5 Å². The standard InChI is InChI=1S/C20H18F2N2O2/c21-14-5-6-18(17(22)9-14)23-19(25)15-10-16(15)20(26)24-8-7-12-3-1-2-4-13(12)11-24/h1-6,9,15-16H,7-8,10-11H2,(H,23,25). The molecule has 0 bridgehead atoms. The van der Waals surface area contributed by atoms with Crippen LogP contribution in [0.2, 0.25) is 0 Å². The van der Waals surface area contributed by atoms with Crippen molar-refractivity contribution in [1.82, 2.24) is 4.90 Å². The average molecular weight is 356 g/mol. The summed E-state index contributed by atoms with van der Waals surface area (Å²) >= 11 is 0. The van der Waals surface area contributed by atoms with Gasteiger partial charge in [-0.05, 0) is 36.1 Å². The van der Waals surface area contributed by atoms with Crippen LogP contribution in [-0.2, 0) is 22.6 Å². The second-order valence-electron chi connectivity index (χ2n) is 6.84. The number of carbonyl (C=O) groups is 2. The van der Waals surface area contributed by atoms with Gasteiger partial charge in [0.1, 0.15) is 11.6 Å². The minimum absolute atomic E-state index is 0.0285. The fraction of sp³-hybridized carbons (Fsp3) is 0.300. The predicted molar refractivity (Wildman–Crippen MR) is 92.1 cm³/mol. The van der Waals surface area contributed by atoms with Crippen molar-refractivity contribution in [2.45, 2.75) is 19.4 Å². The Hall–Kier alpha value is -2.76. The summed E-state index contributed by atoms with van der Waals surface area (Å²) in [4.78, 5) is 26.7. The molecule has 2 aromatic rings. The Balaban J connectivity index is 1.37. The van der Waals surface area contributed by atoms with Gasteiger partial charge in [-0.15, -0.1) is 0 Å². The molecule has 1 N–H and O–H groups in total. The molecule has 0 spiro atoms. The summed E-state index contributed by atoms with van der Waals surface area (Å²) in [6.07, 6.45) is 1.28. The van der Waals surface area contributed by atoms with Crippen molar-refractivity contribution in [2.24, 2.45) is 11.8 Å². The highest BCUT2D eigenvalue weighted by molar-refractivity contribution is 5.99. The first-order valence-corrected chi connectivity index (χ1v) is 8.64. The Morgan fingerprint density at radius 1 is 1.04 bits per heavy atom. The molecule has 1 saturated carbocycles. The number of anilines is 1. The van der Waals surface area contributed by atoms with Crippen molar-refractivity contribution >= 4 is 17.5 Å². The first-order chi connectivity index (χ1) is 12.5. The van der Waals surface area contributed by atoms with Crippen molar-refractivity contribution in [3.05, 3.63) is 65.2 Å². The van der Waals surface area contributed by atoms with E-state index < -0.39 is 23.5 Å². The molecule has 1 heterocycles. The molecule has 1 aliphatic heterocycles. The van der Waals surface area contributed by atoms with Gasteiger partial charge in [0.15, 0.2) is 0 Å². The van der Waals surface area contributed by atoms with Gasteiger partial charge in [0.25, 0.3) is 0 Å². The monoisotopic (exact) mass is 356 g/mol. The van der Waals surface area contributed by atoms with Crippen LogP contribution in [0.15, 0.2) is 42.5 Å². The first-order valence-electron chi connectivity index (χ1n) is 8.64. The second-order valence-corrected chi connectivity index (χ2v) is 6.84. The molecule has 0 radical (unpaired) electrons. The zero-order valence-electron chi connectivity index (χ0n) is 14.0. The zero-order valence-corrected chi connectivity index (χ0v) is 14.0. The van der Waals surface area contributed by atoms with Gasteiger partial charge in [-0.2, -0.15) is 0 Å². The van der Waals surface area contributed by atoms with E-state index in [4.69, 9.17) is 0 Å². The lowest BCUT2D eigenvalue weighted by Crippen LogP contribution is -2.37. The van der Waals surface area contributed by atoms with Crippen molar-refractivity contribution in [1.29, 1.82) is 0 Å². The van der Waals surface area contributed by atoms with E-state index in [0.717, 1.165) is 24.1 Å². The van der Waals surface area contributed by atoms with E-state index in [1.807, 2.05) is 18.2 Å². The molecule has 26 heavy (non-hydrogen) atoms. The second kappa shape index (κ2) is 6.52. The van der Waals surface area contributed by atoms with E-state index in [2.05, 4.69) is 11.4 Å². The minimum atomic E-state index is -0.825. The van der Waals surface area contributed by atoms with Crippen molar-refractivity contribution < 1.29 is 18.4 Å². The molecular weight excluding hydrogens is 338 g/mol. The molecule has 4 rings (SSSR count). The fourth-order valence-electron chi connectivity index (χ4n) is 3.49. The lowest BCUT2D eigenvalue weighted by Gasteiger charge is -2.29. The Bertz CT molecular complexity index is 884. The summed E-state index contributed by atoms with van der Waals surface area (Å²) in [7, 11) is 0. The van der Waals surface area contributed by atoms with Gasteiger partial charge >= 0.3 is 0 Å². The summed E-state index contributed by atoms with van der Waals surface area (Å²) in [6, 6.07) is 11.0. The van der Waals surface area contributed by atoms with Crippen LogP contribution in [0, 0.1) is 23.5 Å². The predicted octanol–water partition coefficient (Wildman–Crippen LogP) is 3.12. The molecule has 2 aliphatic rings. The molecule has 0 aromatic heterocycles. The van der Waals surface area contributed by atoms with Gasteiger partial charge in [-0.3, -0.25) is 9.59 Å². The van der Waals surface area contributed by atoms with Crippen LogP contribution in [0.1, 0.15) is 17.5 Å². The minimum Gasteiger partial charge on any atom is -0.338 e. The average Bonchev–Trinajstić information content (AvgIpc) is 3.44. The maximum Gasteiger partial charge on any atom is 0.228 e. The van der Waals surface area contributed by atoms with Crippen LogP contribution in [0.5, 0.6) is 0 Å². The van der Waals surface area contributed by atoms with Crippen LogP contribution in [0.25, 0.3) is 0 Å². The molecule has 1 fully saturated rings. The normalized spacial score (nSPS) is 21.1. The summed E-state index contributed by atoms with van der Waals surface area (Å²) < 4.78 is 26.6. The Labute approximate surface area is 149 Å². The van der Waals surface area contributed by atoms with E-state index in [1.54, 1.807) is 4.90 Å². The smallest absolute Gasteiger partial charge is 0.228 e. The van der Waals surface area contributed by atoms with Gasteiger partial charge in [0.05, 0.1) is 17.5 Å². The third-order valence-corrected chi connectivity index (χ3v) is 5.08. The van der Waals surface area contributed by atoms with Gasteiger partial charge in [0, 0.05) is 19.2 Å². The van der Waals surface area contributed by atoms with Crippen LogP contribution >= 0.6 is 0 Å². The number of amides is 2. The maximum absolute atomic E-state index is 13.7.